The molecule has 0 saturated carbocycles. The van der Waals surface area contributed by atoms with Crippen molar-refractivity contribution in [3.8, 4) is 0 Å². The molecule has 2 nitrogen and oxygen atoms in total. The molecule has 0 spiro atoms. The summed E-state index contributed by atoms with van der Waals surface area (Å²) in [4.78, 5) is 0. The number of hydrogen-bond acceptors (Lipinski definition) is 0. The van der Waals surface area contributed by atoms with Crippen molar-refractivity contribution < 1.29 is 4.57 Å². The molecule has 266 valence electrons. The Balaban J connectivity index is 2.24. The molecule has 0 amide bonds. The largest absolute Gasteiger partial charge is 0.256 e. The van der Waals surface area contributed by atoms with Crippen molar-refractivity contribution in [2.24, 2.45) is 0 Å². The normalized spacial score (nSPS) is 11.6. The van der Waals surface area contributed by atoms with Gasteiger partial charge in [-0.25, -0.2) is 9.13 Å². The minimum Gasteiger partial charge on any atom is -0.234 e. The Kier molecular flexibility index (Phi) is 32.4. The summed E-state index contributed by atoms with van der Waals surface area (Å²) in [5, 5.41) is 0. The lowest BCUT2D eigenvalue weighted by molar-refractivity contribution is -0.704. The van der Waals surface area contributed by atoms with Crippen molar-refractivity contribution in [1.29, 1.82) is 0 Å². The second kappa shape index (κ2) is 34.5. The van der Waals surface area contributed by atoms with Gasteiger partial charge in [0.05, 0.1) is 13.1 Å². The Hall–Kier alpha value is -0.790. The molecule has 0 aliphatic heterocycles. The van der Waals surface area contributed by atoms with Gasteiger partial charge in [0.1, 0.15) is 12.4 Å². The Bertz CT molecular complexity index is 692. The molecule has 0 N–H and O–H groups in total. The fourth-order valence-electron chi connectivity index (χ4n) is 7.21. The summed E-state index contributed by atoms with van der Waals surface area (Å²) in [6.45, 7) is 9.41. The number of rotatable bonds is 37. The zero-order valence-corrected chi connectivity index (χ0v) is 31.7. The SMILES string of the molecule is CCCCCCCCCCCCCCCCCc1n(CCCCCCCCC)cc[n+]1CCCCCCCCCCCCCC. The lowest BCUT2D eigenvalue weighted by atomic mass is 10.0. The number of aromatic nitrogens is 2. The lowest BCUT2D eigenvalue weighted by Crippen LogP contribution is -2.37. The van der Waals surface area contributed by atoms with E-state index in [0.29, 0.717) is 0 Å². The highest BCUT2D eigenvalue weighted by Crippen LogP contribution is 2.16. The molecule has 0 bridgehead atoms. The highest BCUT2D eigenvalue weighted by atomic mass is 15.1. The van der Waals surface area contributed by atoms with E-state index in [9.17, 15) is 0 Å². The standard InChI is InChI=1S/C43H85N2/c1-4-7-10-13-16-18-20-22-23-24-25-27-29-32-35-38-43-44(39-36-33-30-15-12-9-6-3)41-42-45(43)40-37-34-31-28-26-21-19-17-14-11-8-5-2/h41-42H,4-40H2,1-3H3/q+1. The number of hydrogen-bond donors (Lipinski definition) is 0. The van der Waals surface area contributed by atoms with Crippen molar-refractivity contribution in [3.05, 3.63) is 18.2 Å². The molecule has 0 unspecified atom stereocenters. The maximum Gasteiger partial charge on any atom is 0.256 e. The molecule has 0 aliphatic carbocycles. The van der Waals surface area contributed by atoms with E-state index in [2.05, 4.69) is 42.3 Å². The van der Waals surface area contributed by atoms with Gasteiger partial charge >= 0.3 is 0 Å². The molecule has 1 aromatic rings. The zero-order valence-electron chi connectivity index (χ0n) is 31.7. The van der Waals surface area contributed by atoms with Gasteiger partial charge in [0.25, 0.3) is 5.82 Å². The first kappa shape index (κ1) is 42.2. The Morgan fingerprint density at radius 2 is 0.689 bits per heavy atom. The van der Waals surface area contributed by atoms with E-state index in [1.165, 1.54) is 238 Å². The maximum absolute atomic E-state index is 2.64. The number of unbranched alkanes of at least 4 members (excludes halogenated alkanes) is 31. The monoisotopic (exact) mass is 630 g/mol. The van der Waals surface area contributed by atoms with Crippen LogP contribution in [0.15, 0.2) is 12.4 Å². The van der Waals surface area contributed by atoms with Crippen LogP contribution in [0.5, 0.6) is 0 Å². The van der Waals surface area contributed by atoms with Crippen LogP contribution in [0.2, 0.25) is 0 Å². The summed E-state index contributed by atoms with van der Waals surface area (Å²) >= 11 is 0. The summed E-state index contributed by atoms with van der Waals surface area (Å²) in [6.07, 6.45) is 54.9. The van der Waals surface area contributed by atoms with Gasteiger partial charge in [-0.2, -0.15) is 0 Å². The molecule has 0 aliphatic rings. The van der Waals surface area contributed by atoms with E-state index in [1.54, 1.807) is 5.82 Å². The first-order chi connectivity index (χ1) is 22.3. The van der Waals surface area contributed by atoms with Gasteiger partial charge in [-0.3, -0.25) is 0 Å². The summed E-state index contributed by atoms with van der Waals surface area (Å²) in [5.41, 5.74) is 0. The van der Waals surface area contributed by atoms with E-state index in [-0.39, 0.29) is 0 Å². The predicted molar refractivity (Wildman–Crippen MR) is 202 cm³/mol. The third kappa shape index (κ3) is 26.9. The molecule has 1 aromatic heterocycles. The third-order valence-electron chi connectivity index (χ3n) is 10.3. The number of aryl methyl sites for hydroxylation is 2. The average molecular weight is 630 g/mol. The van der Waals surface area contributed by atoms with Crippen LogP contribution in [0.1, 0.15) is 245 Å². The molecule has 0 atom stereocenters. The van der Waals surface area contributed by atoms with Gasteiger partial charge in [0, 0.05) is 6.42 Å². The van der Waals surface area contributed by atoms with Gasteiger partial charge in [0.15, 0.2) is 0 Å². The van der Waals surface area contributed by atoms with Crippen LogP contribution >= 0.6 is 0 Å². The van der Waals surface area contributed by atoms with Crippen LogP contribution in [0.3, 0.4) is 0 Å². The number of nitrogens with zero attached hydrogens (tertiary/aromatic N) is 2. The third-order valence-corrected chi connectivity index (χ3v) is 10.3. The van der Waals surface area contributed by atoms with Crippen LogP contribution in [-0.4, -0.2) is 4.57 Å². The summed E-state index contributed by atoms with van der Waals surface area (Å²) in [7, 11) is 0. The molecule has 0 radical (unpaired) electrons. The van der Waals surface area contributed by atoms with E-state index < -0.39 is 0 Å². The Morgan fingerprint density at radius 1 is 0.378 bits per heavy atom. The van der Waals surface area contributed by atoms with Crippen molar-refractivity contribution in [2.45, 2.75) is 259 Å². The topological polar surface area (TPSA) is 8.81 Å². The molecule has 0 saturated heterocycles. The first-order valence-electron chi connectivity index (χ1n) is 21.4. The van der Waals surface area contributed by atoms with Gasteiger partial charge in [-0.1, -0.05) is 207 Å². The van der Waals surface area contributed by atoms with Gasteiger partial charge in [-0.05, 0) is 32.1 Å². The minimum absolute atomic E-state index is 1.23. The highest BCUT2D eigenvalue weighted by Gasteiger charge is 2.16. The van der Waals surface area contributed by atoms with Crippen LogP contribution in [-0.2, 0) is 19.5 Å². The van der Waals surface area contributed by atoms with Gasteiger partial charge in [-0.15, -0.1) is 0 Å². The number of imidazole rings is 1. The maximum atomic E-state index is 2.64. The van der Waals surface area contributed by atoms with Gasteiger partial charge < -0.3 is 0 Å². The molecular weight excluding hydrogens is 544 g/mol. The second-order valence-electron chi connectivity index (χ2n) is 14.8. The molecule has 0 fully saturated rings. The van der Waals surface area contributed by atoms with Crippen molar-refractivity contribution >= 4 is 0 Å². The first-order valence-corrected chi connectivity index (χ1v) is 21.4. The minimum atomic E-state index is 1.23. The molecule has 0 aromatic carbocycles. The van der Waals surface area contributed by atoms with E-state index in [0.717, 1.165) is 0 Å². The van der Waals surface area contributed by atoms with Crippen molar-refractivity contribution in [2.75, 3.05) is 0 Å². The second-order valence-corrected chi connectivity index (χ2v) is 14.8. The summed E-state index contributed by atoms with van der Waals surface area (Å²) in [5.74, 6) is 1.62. The quantitative estimate of drug-likeness (QED) is 0.0511. The van der Waals surface area contributed by atoms with Crippen LogP contribution < -0.4 is 4.57 Å². The van der Waals surface area contributed by atoms with E-state index in [1.807, 2.05) is 0 Å². The van der Waals surface area contributed by atoms with Crippen LogP contribution in [0.4, 0.5) is 0 Å². The molecule has 1 rings (SSSR count). The summed E-state index contributed by atoms with van der Waals surface area (Å²) in [6, 6.07) is 0. The Morgan fingerprint density at radius 3 is 1.07 bits per heavy atom. The van der Waals surface area contributed by atoms with Crippen LogP contribution in [0, 0.1) is 0 Å². The van der Waals surface area contributed by atoms with Crippen molar-refractivity contribution in [3.63, 3.8) is 0 Å². The average Bonchev–Trinajstić information content (AvgIpc) is 3.43. The fraction of sp³-hybridized carbons (Fsp3) is 0.930. The van der Waals surface area contributed by atoms with Crippen LogP contribution in [0.25, 0.3) is 0 Å². The molecular formula is C43H85N2+. The van der Waals surface area contributed by atoms with E-state index in [4.69, 9.17) is 0 Å². The highest BCUT2D eigenvalue weighted by molar-refractivity contribution is 4.84. The van der Waals surface area contributed by atoms with Gasteiger partial charge in [0.2, 0.25) is 0 Å². The predicted octanol–water partition coefficient (Wildman–Crippen LogP) is 14.6. The van der Waals surface area contributed by atoms with E-state index >= 15 is 0 Å². The molecule has 1 heterocycles. The summed E-state index contributed by atoms with van der Waals surface area (Å²) < 4.78 is 5.28. The zero-order chi connectivity index (χ0) is 32.3. The fourth-order valence-corrected chi connectivity index (χ4v) is 7.21. The van der Waals surface area contributed by atoms with Crippen molar-refractivity contribution in [1.82, 2.24) is 4.57 Å². The molecule has 2 heteroatoms. The molecule has 45 heavy (non-hydrogen) atoms. The Labute approximate surface area is 285 Å². The lowest BCUT2D eigenvalue weighted by Gasteiger charge is -2.07. The smallest absolute Gasteiger partial charge is 0.234 e.